The zero-order valence-corrected chi connectivity index (χ0v) is 13.2. The van der Waals surface area contributed by atoms with E-state index in [-0.39, 0.29) is 5.56 Å². The lowest BCUT2D eigenvalue weighted by molar-refractivity contribution is -0.376. The van der Waals surface area contributed by atoms with Gasteiger partial charge in [0.15, 0.2) is 11.1 Å². The minimum atomic E-state index is -6.13. The number of carbonyl (C=O) groups is 1. The molecule has 25 heavy (non-hydrogen) atoms. The number of carboxylic acids is 1. The van der Waals surface area contributed by atoms with Crippen LogP contribution in [0.4, 0.5) is 26.3 Å². The van der Waals surface area contributed by atoms with Gasteiger partial charge >= 0.3 is 18.3 Å². The first-order valence-electron chi connectivity index (χ1n) is 6.39. The van der Waals surface area contributed by atoms with Crippen LogP contribution in [-0.2, 0) is 33.6 Å². The van der Waals surface area contributed by atoms with Gasteiger partial charge in [-0.05, 0) is 23.6 Å². The Morgan fingerprint density at radius 2 is 1.60 bits per heavy atom. The van der Waals surface area contributed by atoms with Crippen molar-refractivity contribution in [3.8, 4) is 0 Å². The molecule has 0 spiro atoms. The van der Waals surface area contributed by atoms with E-state index in [1.165, 1.54) is 0 Å². The number of aliphatic carboxylic acids is 1. The molecule has 0 aliphatic heterocycles. The fourth-order valence-corrected chi connectivity index (χ4v) is 2.87. The van der Waals surface area contributed by atoms with Crippen LogP contribution >= 0.6 is 0 Å². The summed E-state index contributed by atoms with van der Waals surface area (Å²) >= 11 is -2.51. The molecule has 0 radical (unpaired) electrons. The van der Waals surface area contributed by atoms with Crippen molar-refractivity contribution in [3.63, 3.8) is 0 Å². The highest BCUT2D eigenvalue weighted by Crippen LogP contribution is 2.51. The van der Waals surface area contributed by atoms with Crippen molar-refractivity contribution in [2.24, 2.45) is 0 Å². The molecule has 0 amide bonds. The Hall–Kier alpha value is -1.66. The van der Waals surface area contributed by atoms with E-state index in [4.69, 9.17) is 9.66 Å². The van der Waals surface area contributed by atoms with Crippen LogP contribution in [0.3, 0.4) is 0 Å². The molecule has 1 aromatic rings. The summed E-state index contributed by atoms with van der Waals surface area (Å²) in [6, 6.07) is 0.987. The molecule has 142 valence electrons. The third-order valence-corrected chi connectivity index (χ3v) is 4.07. The monoisotopic (exact) mass is 394 g/mol. The highest BCUT2D eigenvalue weighted by atomic mass is 32.2. The molecule has 5 nitrogen and oxygen atoms in total. The molecule has 0 aromatic heterocycles. The molecule has 1 unspecified atom stereocenters. The number of halogens is 6. The van der Waals surface area contributed by atoms with E-state index < -0.39 is 63.9 Å². The van der Waals surface area contributed by atoms with Crippen molar-refractivity contribution in [3.05, 3.63) is 34.4 Å². The van der Waals surface area contributed by atoms with Gasteiger partial charge in [-0.3, -0.25) is 4.79 Å². The summed E-state index contributed by atoms with van der Waals surface area (Å²) in [6.45, 7) is 0.778. The van der Waals surface area contributed by atoms with E-state index in [9.17, 15) is 40.5 Å². The van der Waals surface area contributed by atoms with Crippen LogP contribution in [0, 0.1) is 6.92 Å². The maximum atomic E-state index is 13.0. The first-order valence-corrected chi connectivity index (χ1v) is 7.67. The Balaban J connectivity index is 3.76. The first-order chi connectivity index (χ1) is 11.1. The predicted molar refractivity (Wildman–Crippen MR) is 73.0 cm³/mol. The predicted octanol–water partition coefficient (Wildman–Crippen LogP) is 2.66. The smallest absolute Gasteiger partial charge is 0.430 e. The fourth-order valence-electron chi connectivity index (χ4n) is 2.34. The van der Waals surface area contributed by atoms with E-state index in [2.05, 4.69) is 0 Å². The Morgan fingerprint density at radius 3 is 1.96 bits per heavy atom. The molecule has 0 heterocycles. The molecule has 0 saturated carbocycles. The van der Waals surface area contributed by atoms with Crippen molar-refractivity contribution in [1.29, 1.82) is 0 Å². The van der Waals surface area contributed by atoms with Crippen molar-refractivity contribution < 1.29 is 50.1 Å². The molecule has 0 fully saturated rings. The van der Waals surface area contributed by atoms with Gasteiger partial charge in [-0.25, -0.2) is 4.21 Å². The van der Waals surface area contributed by atoms with Crippen molar-refractivity contribution in [2.75, 3.05) is 0 Å². The van der Waals surface area contributed by atoms with Crippen LogP contribution in [0.15, 0.2) is 12.1 Å². The lowest BCUT2D eigenvalue weighted by Gasteiger charge is -2.34. The van der Waals surface area contributed by atoms with Gasteiger partial charge in [0.25, 0.3) is 5.60 Å². The fraction of sp³-hybridized carbons (Fsp3) is 0.462. The minimum absolute atomic E-state index is 0.212. The Bertz CT molecular complexity index is 683. The molecule has 3 N–H and O–H groups in total. The quantitative estimate of drug-likeness (QED) is 0.527. The summed E-state index contributed by atoms with van der Waals surface area (Å²) in [6.07, 6.45) is -13.2. The third-order valence-electron chi connectivity index (χ3n) is 3.51. The molecular weight excluding hydrogens is 382 g/mol. The van der Waals surface area contributed by atoms with Crippen LogP contribution in [0.1, 0.15) is 22.3 Å². The van der Waals surface area contributed by atoms with Gasteiger partial charge in [0.2, 0.25) is 0 Å². The topological polar surface area (TPSA) is 94.8 Å². The highest BCUT2D eigenvalue weighted by molar-refractivity contribution is 7.78. The number of carboxylic acid groups (broad SMARTS) is 1. The molecule has 0 saturated heterocycles. The number of alkyl halides is 6. The van der Waals surface area contributed by atoms with Crippen LogP contribution in [0.25, 0.3) is 0 Å². The maximum absolute atomic E-state index is 13.0. The third kappa shape index (κ3) is 4.12. The molecule has 0 aliphatic rings. The van der Waals surface area contributed by atoms with Gasteiger partial charge < -0.3 is 14.8 Å². The first kappa shape index (κ1) is 21.4. The molecule has 1 rings (SSSR count). The standard InChI is InChI=1S/C13H12F6O5S/c1-6-8(4-10(20)21)7(5-25(23)24)2-3-9(6)11(22,12(14,15)16)13(17,18)19/h2-3,22H,4-5H2,1H3,(H,20,21)(H,23,24). The lowest BCUT2D eigenvalue weighted by Crippen LogP contribution is -2.54. The summed E-state index contributed by atoms with van der Waals surface area (Å²) < 4.78 is 97.7. The van der Waals surface area contributed by atoms with Crippen LogP contribution < -0.4 is 0 Å². The van der Waals surface area contributed by atoms with Crippen molar-refractivity contribution >= 4 is 17.0 Å². The summed E-state index contributed by atoms with van der Waals surface area (Å²) in [4.78, 5) is 10.9. The summed E-state index contributed by atoms with van der Waals surface area (Å²) in [5.74, 6) is -2.27. The van der Waals surface area contributed by atoms with Gasteiger partial charge in [0, 0.05) is 5.56 Å². The zero-order valence-electron chi connectivity index (χ0n) is 12.4. The molecule has 12 heteroatoms. The minimum Gasteiger partial charge on any atom is -0.481 e. The van der Waals surface area contributed by atoms with Crippen LogP contribution in [0.2, 0.25) is 0 Å². The van der Waals surface area contributed by atoms with Crippen molar-refractivity contribution in [1.82, 2.24) is 0 Å². The summed E-state index contributed by atoms with van der Waals surface area (Å²) in [5, 5.41) is 18.3. The van der Waals surface area contributed by atoms with Crippen LogP contribution in [-0.4, -0.2) is 37.3 Å². The van der Waals surface area contributed by atoms with Crippen LogP contribution in [0.5, 0.6) is 0 Å². The van der Waals surface area contributed by atoms with E-state index >= 15 is 0 Å². The van der Waals surface area contributed by atoms with Crippen molar-refractivity contribution in [2.45, 2.75) is 37.1 Å². The number of hydrogen-bond donors (Lipinski definition) is 3. The second-order valence-corrected chi connectivity index (χ2v) is 6.05. The number of benzene rings is 1. The summed E-state index contributed by atoms with van der Waals surface area (Å²) in [7, 11) is 0. The SMILES string of the molecule is Cc1c(C(O)(C(F)(F)F)C(F)(F)F)ccc(CS(=O)O)c1CC(=O)O. The average molecular weight is 394 g/mol. The number of hydrogen-bond acceptors (Lipinski definition) is 3. The Labute approximate surface area is 139 Å². The molecule has 1 aromatic carbocycles. The number of aliphatic hydroxyl groups is 1. The second kappa shape index (κ2) is 6.92. The normalized spacial score (nSPS) is 14.4. The van der Waals surface area contributed by atoms with Gasteiger partial charge in [0.1, 0.15) is 0 Å². The van der Waals surface area contributed by atoms with E-state index in [1.807, 2.05) is 0 Å². The van der Waals surface area contributed by atoms with Gasteiger partial charge in [0.05, 0.1) is 12.2 Å². The van der Waals surface area contributed by atoms with Gasteiger partial charge in [-0.15, -0.1) is 0 Å². The van der Waals surface area contributed by atoms with Gasteiger partial charge in [-0.1, -0.05) is 12.1 Å². The second-order valence-electron chi connectivity index (χ2n) is 5.12. The molecule has 0 bridgehead atoms. The maximum Gasteiger partial charge on any atom is 0.430 e. The Morgan fingerprint density at radius 1 is 1.12 bits per heavy atom. The molecular formula is C13H12F6O5S. The highest BCUT2D eigenvalue weighted by Gasteiger charge is 2.71. The van der Waals surface area contributed by atoms with Gasteiger partial charge in [-0.2, -0.15) is 26.3 Å². The van der Waals surface area contributed by atoms with E-state index in [1.54, 1.807) is 0 Å². The Kier molecular flexibility index (Phi) is 5.92. The zero-order chi connectivity index (χ0) is 19.8. The number of rotatable bonds is 5. The average Bonchev–Trinajstić information content (AvgIpc) is 2.38. The molecule has 1 atom stereocenters. The molecule has 0 aliphatic carbocycles. The van der Waals surface area contributed by atoms with E-state index in [0.717, 1.165) is 6.92 Å². The summed E-state index contributed by atoms with van der Waals surface area (Å²) in [5.41, 5.74) is -8.29. The lowest BCUT2D eigenvalue weighted by atomic mass is 9.84. The largest absolute Gasteiger partial charge is 0.481 e. The van der Waals surface area contributed by atoms with E-state index in [0.29, 0.717) is 12.1 Å².